The second-order valence-electron chi connectivity index (χ2n) is 4.40. The summed E-state index contributed by atoms with van der Waals surface area (Å²) < 4.78 is 2.84. The van der Waals surface area contributed by atoms with Gasteiger partial charge in [-0.25, -0.2) is 0 Å². The fourth-order valence-electron chi connectivity index (χ4n) is 1.89. The van der Waals surface area contributed by atoms with Gasteiger partial charge in [0.15, 0.2) is 0 Å². The number of amides is 2. The number of hydrogen-bond acceptors (Lipinski definition) is 4. The number of primary amides is 1. The van der Waals surface area contributed by atoms with E-state index in [0.717, 1.165) is 0 Å². The molecular formula is C12H15ClN6O2. The van der Waals surface area contributed by atoms with Crippen molar-refractivity contribution in [3.05, 3.63) is 28.8 Å². The second-order valence-corrected chi connectivity index (χ2v) is 4.80. The van der Waals surface area contributed by atoms with Gasteiger partial charge < -0.3 is 11.1 Å². The van der Waals surface area contributed by atoms with Crippen molar-refractivity contribution in [1.29, 1.82) is 0 Å². The van der Waals surface area contributed by atoms with Crippen LogP contribution in [0.2, 0.25) is 5.02 Å². The number of nitrogens with one attached hydrogen (secondary N) is 1. The molecule has 8 nitrogen and oxygen atoms in total. The highest BCUT2D eigenvalue weighted by molar-refractivity contribution is 6.31. The lowest BCUT2D eigenvalue weighted by atomic mass is 10.3. The van der Waals surface area contributed by atoms with Crippen LogP contribution in [-0.4, -0.2) is 31.4 Å². The highest BCUT2D eigenvalue weighted by atomic mass is 35.5. The topological polar surface area (TPSA) is 108 Å². The van der Waals surface area contributed by atoms with Crippen LogP contribution >= 0.6 is 11.6 Å². The van der Waals surface area contributed by atoms with E-state index in [2.05, 4.69) is 15.5 Å². The molecule has 0 aliphatic rings. The van der Waals surface area contributed by atoms with E-state index in [1.807, 2.05) is 6.92 Å². The third-order valence-corrected chi connectivity index (χ3v) is 3.21. The minimum atomic E-state index is -0.650. The van der Waals surface area contributed by atoms with Crippen LogP contribution < -0.4 is 11.1 Å². The zero-order valence-electron chi connectivity index (χ0n) is 11.6. The number of halogens is 1. The standard InChI is InChI=1S/C12H15ClN6O2/c1-3-19-11(12(14)21)9(4-15-19)16-10(20)6-18-5-8(13)7(2)17-18/h4-5H,3,6H2,1-2H3,(H2,14,21)(H,16,20). The van der Waals surface area contributed by atoms with Gasteiger partial charge in [0.05, 0.1) is 22.6 Å². The smallest absolute Gasteiger partial charge is 0.269 e. The van der Waals surface area contributed by atoms with Crippen LogP contribution in [0.1, 0.15) is 23.1 Å². The monoisotopic (exact) mass is 310 g/mol. The quantitative estimate of drug-likeness (QED) is 0.851. The molecule has 0 aliphatic carbocycles. The average molecular weight is 311 g/mol. The van der Waals surface area contributed by atoms with Gasteiger partial charge in [0.2, 0.25) is 5.91 Å². The Morgan fingerprint density at radius 1 is 1.48 bits per heavy atom. The molecule has 0 saturated heterocycles. The molecule has 0 unspecified atom stereocenters. The highest BCUT2D eigenvalue weighted by Gasteiger charge is 2.17. The number of aryl methyl sites for hydroxylation is 2. The Bertz CT molecular complexity index is 670. The fourth-order valence-corrected chi connectivity index (χ4v) is 2.04. The first-order valence-corrected chi connectivity index (χ1v) is 6.65. The first-order valence-electron chi connectivity index (χ1n) is 6.27. The number of anilines is 1. The summed E-state index contributed by atoms with van der Waals surface area (Å²) in [6.07, 6.45) is 2.95. The predicted octanol–water partition coefficient (Wildman–Crippen LogP) is 0.799. The number of carbonyl (C=O) groups is 2. The molecule has 2 heterocycles. The fraction of sp³-hybridized carbons (Fsp3) is 0.333. The normalized spacial score (nSPS) is 10.6. The van der Waals surface area contributed by atoms with Crippen LogP contribution in [0.15, 0.2) is 12.4 Å². The molecule has 0 aliphatic heterocycles. The van der Waals surface area contributed by atoms with E-state index in [0.29, 0.717) is 17.3 Å². The van der Waals surface area contributed by atoms with Gasteiger partial charge >= 0.3 is 0 Å². The Labute approximate surface area is 125 Å². The average Bonchev–Trinajstić information content (AvgIpc) is 2.93. The third kappa shape index (κ3) is 3.22. The van der Waals surface area contributed by atoms with Crippen molar-refractivity contribution < 1.29 is 9.59 Å². The van der Waals surface area contributed by atoms with Crippen molar-refractivity contribution in [2.45, 2.75) is 26.9 Å². The van der Waals surface area contributed by atoms with Gasteiger partial charge in [0, 0.05) is 12.7 Å². The van der Waals surface area contributed by atoms with E-state index in [1.165, 1.54) is 15.6 Å². The lowest BCUT2D eigenvalue weighted by molar-refractivity contribution is -0.116. The Hall–Kier alpha value is -2.35. The number of nitrogens with two attached hydrogens (primary N) is 1. The first kappa shape index (κ1) is 15.0. The lowest BCUT2D eigenvalue weighted by Crippen LogP contribution is -2.23. The maximum absolute atomic E-state index is 12.0. The van der Waals surface area contributed by atoms with Crippen LogP contribution in [0.3, 0.4) is 0 Å². The van der Waals surface area contributed by atoms with Crippen LogP contribution in [-0.2, 0) is 17.9 Å². The summed E-state index contributed by atoms with van der Waals surface area (Å²) in [6.45, 7) is 4.01. The Morgan fingerprint density at radius 3 is 2.71 bits per heavy atom. The van der Waals surface area contributed by atoms with Crippen molar-refractivity contribution in [3.8, 4) is 0 Å². The summed E-state index contributed by atoms with van der Waals surface area (Å²) in [5.74, 6) is -1.00. The summed E-state index contributed by atoms with van der Waals surface area (Å²) in [5, 5.41) is 11.2. The van der Waals surface area contributed by atoms with E-state index in [-0.39, 0.29) is 23.8 Å². The molecule has 0 atom stereocenters. The van der Waals surface area contributed by atoms with Gasteiger partial charge in [0.1, 0.15) is 12.2 Å². The first-order chi connectivity index (χ1) is 9.92. The maximum Gasteiger partial charge on any atom is 0.269 e. The van der Waals surface area contributed by atoms with Crippen molar-refractivity contribution in [2.75, 3.05) is 5.32 Å². The van der Waals surface area contributed by atoms with Gasteiger partial charge in [-0.05, 0) is 13.8 Å². The van der Waals surface area contributed by atoms with Crippen LogP contribution in [0, 0.1) is 6.92 Å². The Morgan fingerprint density at radius 2 is 2.19 bits per heavy atom. The van der Waals surface area contributed by atoms with Gasteiger partial charge in [-0.15, -0.1) is 0 Å². The van der Waals surface area contributed by atoms with Crippen LogP contribution in [0.5, 0.6) is 0 Å². The van der Waals surface area contributed by atoms with Gasteiger partial charge in [-0.3, -0.25) is 19.0 Å². The zero-order valence-corrected chi connectivity index (χ0v) is 12.4. The molecule has 2 amide bonds. The summed E-state index contributed by atoms with van der Waals surface area (Å²) in [6, 6.07) is 0. The second kappa shape index (κ2) is 5.96. The molecule has 0 radical (unpaired) electrons. The molecule has 2 aromatic rings. The molecular weight excluding hydrogens is 296 g/mol. The van der Waals surface area contributed by atoms with E-state index in [1.54, 1.807) is 13.1 Å². The van der Waals surface area contributed by atoms with Crippen molar-refractivity contribution >= 4 is 29.1 Å². The molecule has 9 heteroatoms. The molecule has 0 spiro atoms. The number of nitrogens with zero attached hydrogens (tertiary/aromatic N) is 4. The summed E-state index contributed by atoms with van der Waals surface area (Å²) in [5.41, 5.74) is 6.39. The lowest BCUT2D eigenvalue weighted by Gasteiger charge is -2.06. The van der Waals surface area contributed by atoms with E-state index in [9.17, 15) is 9.59 Å². The number of rotatable bonds is 5. The molecule has 2 rings (SSSR count). The number of carbonyl (C=O) groups excluding carboxylic acids is 2. The maximum atomic E-state index is 12.0. The van der Waals surface area contributed by atoms with Crippen LogP contribution in [0.4, 0.5) is 5.69 Å². The SMILES string of the molecule is CCn1ncc(NC(=O)Cn2cc(Cl)c(C)n2)c1C(N)=O. The summed E-state index contributed by atoms with van der Waals surface area (Å²) >= 11 is 5.87. The number of aromatic nitrogens is 4. The van der Waals surface area contributed by atoms with Gasteiger partial charge in [-0.1, -0.05) is 11.6 Å². The third-order valence-electron chi connectivity index (χ3n) is 2.84. The van der Waals surface area contributed by atoms with E-state index in [4.69, 9.17) is 17.3 Å². The highest BCUT2D eigenvalue weighted by Crippen LogP contribution is 2.15. The molecule has 0 fully saturated rings. The van der Waals surface area contributed by atoms with E-state index >= 15 is 0 Å². The van der Waals surface area contributed by atoms with Gasteiger partial charge in [0.25, 0.3) is 5.91 Å². The van der Waals surface area contributed by atoms with Crippen LogP contribution in [0.25, 0.3) is 0 Å². The Kier molecular flexibility index (Phi) is 4.27. The minimum Gasteiger partial charge on any atom is -0.364 e. The molecule has 3 N–H and O–H groups in total. The molecule has 112 valence electrons. The zero-order chi connectivity index (χ0) is 15.6. The largest absolute Gasteiger partial charge is 0.364 e. The molecule has 0 aromatic carbocycles. The van der Waals surface area contributed by atoms with E-state index < -0.39 is 5.91 Å². The summed E-state index contributed by atoms with van der Waals surface area (Å²) in [4.78, 5) is 23.4. The summed E-state index contributed by atoms with van der Waals surface area (Å²) in [7, 11) is 0. The van der Waals surface area contributed by atoms with Crippen molar-refractivity contribution in [2.24, 2.45) is 5.73 Å². The molecule has 2 aromatic heterocycles. The molecule has 0 bridgehead atoms. The minimum absolute atomic E-state index is 0.0247. The number of hydrogen-bond donors (Lipinski definition) is 2. The molecule has 0 saturated carbocycles. The van der Waals surface area contributed by atoms with Crippen molar-refractivity contribution in [1.82, 2.24) is 19.6 Å². The van der Waals surface area contributed by atoms with Crippen molar-refractivity contribution in [3.63, 3.8) is 0 Å². The molecule has 21 heavy (non-hydrogen) atoms. The Balaban J connectivity index is 2.13. The predicted molar refractivity (Wildman–Crippen MR) is 77.0 cm³/mol. The van der Waals surface area contributed by atoms with Gasteiger partial charge in [-0.2, -0.15) is 10.2 Å².